The van der Waals surface area contributed by atoms with Crippen molar-refractivity contribution < 1.29 is 9.47 Å². The lowest BCUT2D eigenvalue weighted by atomic mass is 9.62. The largest absolute Gasteiger partial charge is 0.381 e. The van der Waals surface area contributed by atoms with Crippen molar-refractivity contribution in [3.05, 3.63) is 0 Å². The lowest BCUT2D eigenvalue weighted by Gasteiger charge is -2.41. The van der Waals surface area contributed by atoms with E-state index in [9.17, 15) is 0 Å². The molecule has 2 heterocycles. The maximum atomic E-state index is 5.66. The summed E-state index contributed by atoms with van der Waals surface area (Å²) in [6.45, 7) is 6.40. The van der Waals surface area contributed by atoms with Gasteiger partial charge in [-0.2, -0.15) is 0 Å². The first-order valence-corrected chi connectivity index (χ1v) is 5.96. The van der Waals surface area contributed by atoms with Gasteiger partial charge in [-0.1, -0.05) is 6.92 Å². The van der Waals surface area contributed by atoms with Crippen LogP contribution in [0.15, 0.2) is 0 Å². The molecule has 4 unspecified atom stereocenters. The number of hydrogen-bond acceptors (Lipinski definition) is 2. The zero-order chi connectivity index (χ0) is 9.60. The summed E-state index contributed by atoms with van der Waals surface area (Å²) in [5.41, 5.74) is 0.523. The summed E-state index contributed by atoms with van der Waals surface area (Å²) in [6, 6.07) is 0. The Morgan fingerprint density at radius 2 is 1.93 bits per heavy atom. The minimum atomic E-state index is 0.523. The van der Waals surface area contributed by atoms with Gasteiger partial charge in [-0.25, -0.2) is 0 Å². The van der Waals surface area contributed by atoms with Crippen LogP contribution in [-0.4, -0.2) is 26.4 Å². The minimum absolute atomic E-state index is 0.523. The van der Waals surface area contributed by atoms with E-state index in [1.165, 1.54) is 19.3 Å². The van der Waals surface area contributed by atoms with Gasteiger partial charge in [-0.05, 0) is 42.4 Å². The first-order valence-electron chi connectivity index (χ1n) is 5.96. The van der Waals surface area contributed by atoms with Crippen LogP contribution in [0.5, 0.6) is 0 Å². The van der Waals surface area contributed by atoms with Gasteiger partial charge in [-0.15, -0.1) is 0 Å². The molecule has 80 valence electrons. The molecular weight excluding hydrogens is 176 g/mol. The highest BCUT2D eigenvalue weighted by molar-refractivity contribution is 4.97. The highest BCUT2D eigenvalue weighted by Crippen LogP contribution is 2.51. The third kappa shape index (κ3) is 1.24. The zero-order valence-corrected chi connectivity index (χ0v) is 9.00. The second kappa shape index (κ2) is 3.21. The molecule has 1 spiro atoms. The molecule has 2 saturated heterocycles. The van der Waals surface area contributed by atoms with E-state index in [1.54, 1.807) is 0 Å². The molecule has 4 atom stereocenters. The first-order chi connectivity index (χ1) is 6.80. The number of fused-ring (bicyclic) bond motifs is 1. The van der Waals surface area contributed by atoms with Crippen molar-refractivity contribution in [3.63, 3.8) is 0 Å². The molecule has 0 radical (unpaired) electrons. The molecule has 2 nitrogen and oxygen atoms in total. The van der Waals surface area contributed by atoms with E-state index < -0.39 is 0 Å². The van der Waals surface area contributed by atoms with Crippen molar-refractivity contribution in [1.82, 2.24) is 0 Å². The van der Waals surface area contributed by atoms with E-state index in [1.807, 2.05) is 0 Å². The monoisotopic (exact) mass is 196 g/mol. The van der Waals surface area contributed by atoms with Gasteiger partial charge >= 0.3 is 0 Å². The summed E-state index contributed by atoms with van der Waals surface area (Å²) in [5, 5.41) is 0. The highest BCUT2D eigenvalue weighted by Gasteiger charge is 2.48. The van der Waals surface area contributed by atoms with Gasteiger partial charge in [0.25, 0.3) is 0 Å². The highest BCUT2D eigenvalue weighted by atomic mass is 16.5. The first kappa shape index (κ1) is 9.17. The van der Waals surface area contributed by atoms with Gasteiger partial charge in [0.1, 0.15) is 0 Å². The van der Waals surface area contributed by atoms with E-state index in [2.05, 4.69) is 6.92 Å². The van der Waals surface area contributed by atoms with Gasteiger partial charge in [0.05, 0.1) is 6.61 Å². The Bertz CT molecular complexity index is 228. The maximum Gasteiger partial charge on any atom is 0.0526 e. The van der Waals surface area contributed by atoms with Crippen molar-refractivity contribution in [3.8, 4) is 0 Å². The average molecular weight is 196 g/mol. The third-order valence-corrected chi connectivity index (χ3v) is 4.82. The molecule has 1 aliphatic carbocycles. The minimum Gasteiger partial charge on any atom is -0.381 e. The van der Waals surface area contributed by atoms with Crippen LogP contribution in [0.25, 0.3) is 0 Å². The van der Waals surface area contributed by atoms with Crippen molar-refractivity contribution in [1.29, 1.82) is 0 Å². The normalized spacial score (nSPS) is 52.5. The second-order valence-corrected chi connectivity index (χ2v) is 5.58. The van der Waals surface area contributed by atoms with Crippen LogP contribution in [-0.2, 0) is 9.47 Å². The lowest BCUT2D eigenvalue weighted by Crippen LogP contribution is -2.37. The Morgan fingerprint density at radius 1 is 1.07 bits per heavy atom. The topological polar surface area (TPSA) is 18.5 Å². The van der Waals surface area contributed by atoms with Crippen molar-refractivity contribution in [2.75, 3.05) is 26.4 Å². The summed E-state index contributed by atoms with van der Waals surface area (Å²) in [4.78, 5) is 0. The molecular formula is C12H20O2. The van der Waals surface area contributed by atoms with Crippen LogP contribution < -0.4 is 0 Å². The maximum absolute atomic E-state index is 5.66. The van der Waals surface area contributed by atoms with Crippen molar-refractivity contribution in [2.45, 2.75) is 26.2 Å². The van der Waals surface area contributed by atoms with E-state index >= 15 is 0 Å². The number of rotatable bonds is 0. The molecule has 0 aromatic heterocycles. The fraction of sp³-hybridized carbons (Fsp3) is 1.00. The van der Waals surface area contributed by atoms with Gasteiger partial charge in [-0.3, -0.25) is 0 Å². The quantitative estimate of drug-likeness (QED) is 0.590. The fourth-order valence-corrected chi connectivity index (χ4v) is 3.62. The third-order valence-electron chi connectivity index (χ3n) is 4.82. The zero-order valence-electron chi connectivity index (χ0n) is 9.00. The van der Waals surface area contributed by atoms with Gasteiger partial charge in [0, 0.05) is 19.8 Å². The van der Waals surface area contributed by atoms with E-state index in [-0.39, 0.29) is 0 Å². The molecule has 3 fully saturated rings. The van der Waals surface area contributed by atoms with Crippen LogP contribution in [0.3, 0.4) is 0 Å². The predicted octanol–water partition coefficient (Wildman–Crippen LogP) is 2.09. The van der Waals surface area contributed by atoms with E-state index in [4.69, 9.17) is 9.47 Å². The molecule has 0 N–H and O–H groups in total. The Hall–Kier alpha value is -0.0800. The van der Waals surface area contributed by atoms with Crippen LogP contribution in [0.2, 0.25) is 0 Å². The van der Waals surface area contributed by atoms with Gasteiger partial charge in [0.15, 0.2) is 0 Å². The van der Waals surface area contributed by atoms with Gasteiger partial charge in [0.2, 0.25) is 0 Å². The molecule has 0 bridgehead atoms. The van der Waals surface area contributed by atoms with Crippen LogP contribution in [0.1, 0.15) is 26.2 Å². The summed E-state index contributed by atoms with van der Waals surface area (Å²) >= 11 is 0. The standard InChI is InChI=1S/C12H20O2/c1-9-5-14-8-12(9)3-2-10-6-13-7-11(10)4-12/h9-11H,2-8H2,1H3. The molecule has 0 aromatic rings. The molecule has 3 rings (SSSR count). The summed E-state index contributed by atoms with van der Waals surface area (Å²) < 4.78 is 11.2. The number of hydrogen-bond donors (Lipinski definition) is 0. The molecule has 14 heavy (non-hydrogen) atoms. The molecule has 0 aromatic carbocycles. The average Bonchev–Trinajstić information content (AvgIpc) is 2.75. The van der Waals surface area contributed by atoms with Crippen LogP contribution >= 0.6 is 0 Å². The predicted molar refractivity (Wildman–Crippen MR) is 54.1 cm³/mol. The summed E-state index contributed by atoms with van der Waals surface area (Å²) in [7, 11) is 0. The summed E-state index contributed by atoms with van der Waals surface area (Å²) in [5.74, 6) is 2.48. The number of ether oxygens (including phenoxy) is 2. The molecule has 1 saturated carbocycles. The van der Waals surface area contributed by atoms with Crippen molar-refractivity contribution >= 4 is 0 Å². The fourth-order valence-electron chi connectivity index (χ4n) is 3.62. The van der Waals surface area contributed by atoms with E-state index in [0.29, 0.717) is 5.41 Å². The summed E-state index contributed by atoms with van der Waals surface area (Å²) in [6.07, 6.45) is 4.11. The Morgan fingerprint density at radius 3 is 2.71 bits per heavy atom. The Kier molecular flexibility index (Phi) is 2.10. The second-order valence-electron chi connectivity index (χ2n) is 5.58. The van der Waals surface area contributed by atoms with Crippen molar-refractivity contribution in [2.24, 2.45) is 23.2 Å². The lowest BCUT2D eigenvalue weighted by molar-refractivity contribution is 0.0685. The molecule has 3 aliphatic rings. The SMILES string of the molecule is CC1COCC12CCC1COCC1C2. The molecule has 2 aliphatic heterocycles. The van der Waals surface area contributed by atoms with Crippen LogP contribution in [0.4, 0.5) is 0 Å². The Balaban J connectivity index is 1.77. The molecule has 0 amide bonds. The smallest absolute Gasteiger partial charge is 0.0526 e. The van der Waals surface area contributed by atoms with E-state index in [0.717, 1.165) is 44.2 Å². The molecule has 2 heteroatoms. The van der Waals surface area contributed by atoms with Gasteiger partial charge < -0.3 is 9.47 Å². The van der Waals surface area contributed by atoms with Crippen LogP contribution in [0, 0.1) is 23.2 Å². The Labute approximate surface area is 86.0 Å².